The number of hydrogen-bond donors (Lipinski definition) is 1. The average Bonchev–Trinajstić information content (AvgIpc) is 3.13. The highest BCUT2D eigenvalue weighted by Gasteiger charge is 2.16. The van der Waals surface area contributed by atoms with Crippen molar-refractivity contribution in [2.75, 3.05) is 5.73 Å². The number of nitrogens with two attached hydrogens (primary N) is 1. The quantitative estimate of drug-likeness (QED) is 0.614. The van der Waals surface area contributed by atoms with Crippen LogP contribution in [0, 0.1) is 11.3 Å². The van der Waals surface area contributed by atoms with Gasteiger partial charge in [-0.25, -0.2) is 4.98 Å². The summed E-state index contributed by atoms with van der Waals surface area (Å²) in [6, 6.07) is 16.8. The van der Waals surface area contributed by atoms with Gasteiger partial charge in [0.1, 0.15) is 11.6 Å². The second-order valence-electron chi connectivity index (χ2n) is 5.90. The maximum atomic E-state index is 9.08. The summed E-state index contributed by atoms with van der Waals surface area (Å²) in [5.41, 5.74) is 10.2. The second-order valence-corrected chi connectivity index (χ2v) is 5.90. The smallest absolute Gasteiger partial charge is 0.155 e. The molecule has 2 N–H and O–H groups in total. The molecule has 0 spiro atoms. The van der Waals surface area contributed by atoms with Gasteiger partial charge >= 0.3 is 0 Å². The van der Waals surface area contributed by atoms with Gasteiger partial charge in [0.15, 0.2) is 11.3 Å². The molecule has 126 valence electrons. The highest BCUT2D eigenvalue weighted by Crippen LogP contribution is 2.26. The molecule has 7 heteroatoms. The summed E-state index contributed by atoms with van der Waals surface area (Å²) >= 11 is 0. The van der Waals surface area contributed by atoms with Crippen molar-refractivity contribution < 1.29 is 0 Å². The van der Waals surface area contributed by atoms with Crippen LogP contribution >= 0.6 is 0 Å². The Morgan fingerprint density at radius 1 is 1.12 bits per heavy atom. The fourth-order valence-corrected chi connectivity index (χ4v) is 2.77. The first-order chi connectivity index (χ1) is 12.7. The van der Waals surface area contributed by atoms with E-state index < -0.39 is 0 Å². The predicted molar refractivity (Wildman–Crippen MR) is 97.9 cm³/mol. The van der Waals surface area contributed by atoms with Gasteiger partial charge in [0, 0.05) is 11.8 Å². The first kappa shape index (κ1) is 15.7. The van der Waals surface area contributed by atoms with E-state index in [0.717, 1.165) is 11.3 Å². The number of fused-ring (bicyclic) bond motifs is 1. The summed E-state index contributed by atoms with van der Waals surface area (Å²) in [5, 5.41) is 18.1. The maximum Gasteiger partial charge on any atom is 0.155 e. The highest BCUT2D eigenvalue weighted by molar-refractivity contribution is 5.87. The van der Waals surface area contributed by atoms with Crippen LogP contribution in [0.3, 0.4) is 0 Å². The van der Waals surface area contributed by atoms with Gasteiger partial charge in [-0.15, -0.1) is 5.10 Å². The van der Waals surface area contributed by atoms with E-state index in [1.165, 1.54) is 0 Å². The molecular weight excluding hydrogens is 326 g/mol. The lowest BCUT2D eigenvalue weighted by Crippen LogP contribution is -2.11. The van der Waals surface area contributed by atoms with Gasteiger partial charge in [0.2, 0.25) is 0 Å². The molecule has 4 rings (SSSR count). The number of benzene rings is 1. The van der Waals surface area contributed by atoms with Crippen LogP contribution in [0.2, 0.25) is 0 Å². The van der Waals surface area contributed by atoms with Gasteiger partial charge in [0.25, 0.3) is 0 Å². The van der Waals surface area contributed by atoms with Gasteiger partial charge in [-0.3, -0.25) is 4.98 Å². The molecule has 26 heavy (non-hydrogen) atoms. The first-order valence-corrected chi connectivity index (χ1v) is 8.10. The van der Waals surface area contributed by atoms with E-state index in [2.05, 4.69) is 26.2 Å². The van der Waals surface area contributed by atoms with E-state index in [0.29, 0.717) is 28.1 Å². The molecule has 1 unspecified atom stereocenters. The number of anilines is 1. The number of nitriles is 1. The molecule has 0 aliphatic rings. The summed E-state index contributed by atoms with van der Waals surface area (Å²) < 4.78 is 0. The molecule has 0 aliphatic heterocycles. The maximum absolute atomic E-state index is 9.08. The largest absolute Gasteiger partial charge is 0.382 e. The summed E-state index contributed by atoms with van der Waals surface area (Å²) in [6.07, 6.45) is 1.74. The lowest BCUT2D eigenvalue weighted by Gasteiger charge is -2.08. The summed E-state index contributed by atoms with van der Waals surface area (Å²) in [6.45, 7) is 1.97. The zero-order valence-electron chi connectivity index (χ0n) is 14.0. The van der Waals surface area contributed by atoms with Crippen molar-refractivity contribution >= 4 is 16.9 Å². The van der Waals surface area contributed by atoms with E-state index in [4.69, 9.17) is 11.0 Å². The average molecular weight is 341 g/mol. The van der Waals surface area contributed by atoms with Crippen molar-refractivity contribution in [1.29, 1.82) is 5.26 Å². The van der Waals surface area contributed by atoms with Crippen LogP contribution in [0.1, 0.15) is 24.2 Å². The van der Waals surface area contributed by atoms with Crippen molar-refractivity contribution in [2.45, 2.75) is 13.0 Å². The fraction of sp³-hybridized carbons (Fsp3) is 0.105. The van der Waals surface area contributed by atoms with Crippen LogP contribution in [-0.2, 0) is 0 Å². The molecule has 0 saturated carbocycles. The summed E-state index contributed by atoms with van der Waals surface area (Å²) in [7, 11) is 0. The first-order valence-electron chi connectivity index (χ1n) is 8.10. The molecule has 7 nitrogen and oxygen atoms in total. The Balaban J connectivity index is 1.79. The van der Waals surface area contributed by atoms with Crippen molar-refractivity contribution in [1.82, 2.24) is 25.0 Å². The third-order valence-corrected chi connectivity index (χ3v) is 4.16. The summed E-state index contributed by atoms with van der Waals surface area (Å²) in [5.74, 6) is 0.305. The minimum absolute atomic E-state index is 0.131. The number of nitrogen functional groups attached to an aromatic ring is 1. The van der Waals surface area contributed by atoms with Crippen molar-refractivity contribution in [2.24, 2.45) is 0 Å². The Kier molecular flexibility index (Phi) is 3.78. The summed E-state index contributed by atoms with van der Waals surface area (Å²) in [4.78, 5) is 10.4. The second kappa shape index (κ2) is 6.26. The van der Waals surface area contributed by atoms with Gasteiger partial charge < -0.3 is 5.73 Å². The van der Waals surface area contributed by atoms with Crippen molar-refractivity contribution in [3.05, 3.63) is 66.0 Å². The third kappa shape index (κ3) is 2.74. The Morgan fingerprint density at radius 3 is 2.77 bits per heavy atom. The molecule has 0 saturated heterocycles. The molecular formula is C19H15N7. The number of rotatable bonds is 3. The molecule has 4 aromatic rings. The Labute approximate surface area is 149 Å². The number of aromatic nitrogens is 5. The normalized spacial score (nSPS) is 12.0. The molecule has 3 aromatic heterocycles. The Bertz CT molecular complexity index is 1130. The number of hydrogen-bond acceptors (Lipinski definition) is 6. The zero-order chi connectivity index (χ0) is 18.1. The van der Waals surface area contributed by atoms with E-state index in [-0.39, 0.29) is 6.04 Å². The fourth-order valence-electron chi connectivity index (χ4n) is 2.77. The molecule has 0 fully saturated rings. The third-order valence-electron chi connectivity index (χ3n) is 4.16. The minimum Gasteiger partial charge on any atom is -0.382 e. The molecule has 1 atom stereocenters. The van der Waals surface area contributed by atoms with E-state index in [1.807, 2.05) is 43.3 Å². The number of pyridine rings is 2. The van der Waals surface area contributed by atoms with E-state index in [9.17, 15) is 0 Å². The van der Waals surface area contributed by atoms with Crippen LogP contribution in [-0.4, -0.2) is 25.0 Å². The van der Waals surface area contributed by atoms with Gasteiger partial charge in [0.05, 0.1) is 23.0 Å². The van der Waals surface area contributed by atoms with E-state index >= 15 is 0 Å². The molecule has 0 aliphatic carbocycles. The van der Waals surface area contributed by atoms with Gasteiger partial charge in [-0.05, 0) is 37.3 Å². The molecule has 0 amide bonds. The van der Waals surface area contributed by atoms with Crippen LogP contribution in [0.15, 0.2) is 54.7 Å². The monoisotopic (exact) mass is 341 g/mol. The van der Waals surface area contributed by atoms with Crippen LogP contribution in [0.25, 0.3) is 22.3 Å². The van der Waals surface area contributed by atoms with Gasteiger partial charge in [-0.2, -0.15) is 15.2 Å². The SMILES string of the molecule is CC(c1ccccn1)n1nc2cc(-c3cccc(C#N)c3)nc(N)c2n1. The van der Waals surface area contributed by atoms with Crippen molar-refractivity contribution in [3.8, 4) is 17.3 Å². The predicted octanol–water partition coefficient (Wildman–Crippen LogP) is 2.95. The van der Waals surface area contributed by atoms with Crippen LogP contribution < -0.4 is 5.73 Å². The molecule has 0 radical (unpaired) electrons. The minimum atomic E-state index is -0.131. The standard InChI is InChI=1S/C19H15N7/c1-12(15-7-2-3-8-22-15)26-24-17-10-16(23-19(21)18(17)25-26)14-6-4-5-13(9-14)11-20/h2-10,12H,1H3,(H2,21,23). The van der Waals surface area contributed by atoms with Crippen LogP contribution in [0.5, 0.6) is 0 Å². The Morgan fingerprint density at radius 2 is 2.00 bits per heavy atom. The lowest BCUT2D eigenvalue weighted by molar-refractivity contribution is 0.490. The zero-order valence-corrected chi connectivity index (χ0v) is 14.0. The topological polar surface area (TPSA) is 106 Å². The van der Waals surface area contributed by atoms with Gasteiger partial charge in [-0.1, -0.05) is 18.2 Å². The molecule has 1 aromatic carbocycles. The van der Waals surface area contributed by atoms with E-state index in [1.54, 1.807) is 23.1 Å². The molecule has 0 bridgehead atoms. The Hall–Kier alpha value is -3.79. The number of nitrogens with zero attached hydrogens (tertiary/aromatic N) is 6. The van der Waals surface area contributed by atoms with Crippen LogP contribution in [0.4, 0.5) is 5.82 Å². The molecule has 3 heterocycles. The lowest BCUT2D eigenvalue weighted by atomic mass is 10.1. The van der Waals surface area contributed by atoms with Crippen molar-refractivity contribution in [3.63, 3.8) is 0 Å². The highest BCUT2D eigenvalue weighted by atomic mass is 15.5.